The molecule has 1 heterocycles. The van der Waals surface area contributed by atoms with Gasteiger partial charge in [-0.05, 0) is 80.2 Å². The van der Waals surface area contributed by atoms with Crippen molar-refractivity contribution in [3.05, 3.63) is 41.7 Å². The molecule has 0 unspecified atom stereocenters. The number of rotatable bonds is 3. The Morgan fingerprint density at radius 3 is 2.58 bits per heavy atom. The lowest BCUT2D eigenvalue weighted by Gasteiger charge is -2.57. The Morgan fingerprint density at radius 1 is 1.09 bits per heavy atom. The zero-order valence-electron chi connectivity index (χ0n) is 20.0. The van der Waals surface area contributed by atoms with Gasteiger partial charge in [-0.1, -0.05) is 25.5 Å². The van der Waals surface area contributed by atoms with E-state index in [-0.39, 0.29) is 28.8 Å². The van der Waals surface area contributed by atoms with Crippen LogP contribution in [0.3, 0.4) is 0 Å². The molecule has 176 valence electrons. The lowest BCUT2D eigenvalue weighted by molar-refractivity contribution is -0.148. The SMILES string of the molecule is CC(=O)O[C@H]1CC[C@@]2(C)C(=CC[C@H]3[C@H]2CC[C@]2(C)/C(=N\NC(=O)c4ccncc4)CC[C@H]32)C1. The first-order valence-electron chi connectivity index (χ1n) is 12.5. The van der Waals surface area contributed by atoms with Crippen LogP contribution in [0.25, 0.3) is 0 Å². The van der Waals surface area contributed by atoms with Gasteiger partial charge in [-0.2, -0.15) is 5.10 Å². The average molecular weight is 450 g/mol. The summed E-state index contributed by atoms with van der Waals surface area (Å²) < 4.78 is 5.57. The number of hydrazone groups is 1. The summed E-state index contributed by atoms with van der Waals surface area (Å²) in [5.74, 6) is 1.60. The Bertz CT molecular complexity index is 1000. The van der Waals surface area contributed by atoms with Gasteiger partial charge in [0.2, 0.25) is 0 Å². The van der Waals surface area contributed by atoms with Crippen molar-refractivity contribution in [2.45, 2.75) is 78.2 Å². The molecule has 1 aromatic rings. The summed E-state index contributed by atoms with van der Waals surface area (Å²) >= 11 is 0. The predicted octanol–water partition coefficient (Wildman–Crippen LogP) is 5.06. The maximum absolute atomic E-state index is 12.5. The minimum absolute atomic E-state index is 0.0430. The molecule has 0 spiro atoms. The molecule has 6 heteroatoms. The van der Waals surface area contributed by atoms with Gasteiger partial charge >= 0.3 is 5.97 Å². The summed E-state index contributed by atoms with van der Waals surface area (Å²) in [5, 5.41) is 4.66. The van der Waals surface area contributed by atoms with Gasteiger partial charge in [0.1, 0.15) is 6.10 Å². The zero-order valence-corrected chi connectivity index (χ0v) is 20.0. The highest BCUT2D eigenvalue weighted by Crippen LogP contribution is 2.64. The molecule has 0 radical (unpaired) electrons. The first-order chi connectivity index (χ1) is 15.8. The second-order valence-electron chi connectivity index (χ2n) is 11.0. The van der Waals surface area contributed by atoms with Gasteiger partial charge in [-0.15, -0.1) is 0 Å². The molecule has 33 heavy (non-hydrogen) atoms. The smallest absolute Gasteiger partial charge is 0.302 e. The molecule has 4 aliphatic carbocycles. The van der Waals surface area contributed by atoms with E-state index in [1.807, 2.05) is 0 Å². The van der Waals surface area contributed by atoms with E-state index in [1.54, 1.807) is 24.5 Å². The number of allylic oxidation sites excluding steroid dienone is 1. The molecule has 3 saturated carbocycles. The normalized spacial score (nSPS) is 38.5. The second-order valence-corrected chi connectivity index (χ2v) is 11.0. The molecule has 1 N–H and O–H groups in total. The third-order valence-corrected chi connectivity index (χ3v) is 9.37. The van der Waals surface area contributed by atoms with E-state index in [1.165, 1.54) is 18.9 Å². The van der Waals surface area contributed by atoms with Crippen molar-refractivity contribution in [3.8, 4) is 0 Å². The van der Waals surface area contributed by atoms with Gasteiger partial charge in [-0.25, -0.2) is 5.43 Å². The highest BCUT2D eigenvalue weighted by atomic mass is 16.5. The van der Waals surface area contributed by atoms with Gasteiger partial charge < -0.3 is 4.74 Å². The van der Waals surface area contributed by atoms with Crippen LogP contribution in [-0.4, -0.2) is 28.7 Å². The number of carbonyl (C=O) groups is 2. The van der Waals surface area contributed by atoms with Crippen LogP contribution >= 0.6 is 0 Å². The van der Waals surface area contributed by atoms with E-state index >= 15 is 0 Å². The molecule has 0 bridgehead atoms. The van der Waals surface area contributed by atoms with Crippen LogP contribution in [0.2, 0.25) is 0 Å². The second kappa shape index (κ2) is 8.37. The van der Waals surface area contributed by atoms with Gasteiger partial charge in [0.25, 0.3) is 5.91 Å². The number of ether oxygens (including phenoxy) is 1. The first kappa shape index (κ1) is 22.3. The van der Waals surface area contributed by atoms with Crippen LogP contribution in [0.15, 0.2) is 41.3 Å². The van der Waals surface area contributed by atoms with E-state index in [4.69, 9.17) is 4.74 Å². The highest BCUT2D eigenvalue weighted by Gasteiger charge is 2.58. The van der Waals surface area contributed by atoms with Crippen molar-refractivity contribution < 1.29 is 14.3 Å². The summed E-state index contributed by atoms with van der Waals surface area (Å²) in [6, 6.07) is 3.42. The van der Waals surface area contributed by atoms with Crippen LogP contribution in [0, 0.1) is 28.6 Å². The van der Waals surface area contributed by atoms with Crippen molar-refractivity contribution in [1.29, 1.82) is 0 Å². The van der Waals surface area contributed by atoms with Gasteiger partial charge in [-0.3, -0.25) is 14.6 Å². The molecule has 6 nitrogen and oxygen atoms in total. The number of esters is 1. The number of fused-ring (bicyclic) bond motifs is 5. The summed E-state index contributed by atoms with van der Waals surface area (Å²) in [6.07, 6.45) is 14.3. The van der Waals surface area contributed by atoms with E-state index < -0.39 is 0 Å². The zero-order chi connectivity index (χ0) is 23.2. The molecule has 0 aliphatic heterocycles. The van der Waals surface area contributed by atoms with Crippen molar-refractivity contribution >= 4 is 17.6 Å². The fourth-order valence-electron chi connectivity index (χ4n) is 7.62. The van der Waals surface area contributed by atoms with Crippen LogP contribution < -0.4 is 5.43 Å². The molecule has 3 fully saturated rings. The lowest BCUT2D eigenvalue weighted by Crippen LogP contribution is -2.50. The third-order valence-electron chi connectivity index (χ3n) is 9.37. The van der Waals surface area contributed by atoms with E-state index in [9.17, 15) is 9.59 Å². The highest BCUT2D eigenvalue weighted by molar-refractivity contribution is 5.97. The van der Waals surface area contributed by atoms with Crippen molar-refractivity contribution in [2.75, 3.05) is 0 Å². The molecule has 0 aromatic carbocycles. The molecule has 6 atom stereocenters. The fourth-order valence-corrected chi connectivity index (χ4v) is 7.62. The van der Waals surface area contributed by atoms with E-state index in [0.29, 0.717) is 23.3 Å². The van der Waals surface area contributed by atoms with Gasteiger partial charge in [0.05, 0.1) is 0 Å². The number of aromatic nitrogens is 1. The summed E-state index contributed by atoms with van der Waals surface area (Å²) in [7, 11) is 0. The van der Waals surface area contributed by atoms with Gasteiger partial charge in [0.15, 0.2) is 0 Å². The standard InChI is InChI=1S/C27H35N3O3/c1-17(31)33-20-8-12-26(2)19(16-20)4-5-21-22-6-7-24(27(22,3)13-9-23(21)26)29-30-25(32)18-10-14-28-15-11-18/h4,10-11,14-15,20-23H,5-9,12-13,16H2,1-3H3,(H,30,32)/b29-24-/t20-,21+,22+,23+,26-,27-/m0/s1. The maximum atomic E-state index is 12.5. The maximum Gasteiger partial charge on any atom is 0.302 e. The molecule has 1 amide bonds. The third kappa shape index (κ3) is 3.81. The van der Waals surface area contributed by atoms with Crippen molar-refractivity contribution in [3.63, 3.8) is 0 Å². The number of pyridine rings is 1. The average Bonchev–Trinajstić information content (AvgIpc) is 3.14. The minimum Gasteiger partial charge on any atom is -0.462 e. The first-order valence-corrected chi connectivity index (χ1v) is 12.5. The lowest BCUT2D eigenvalue weighted by atomic mass is 9.48. The van der Waals surface area contributed by atoms with Crippen LogP contribution in [-0.2, 0) is 9.53 Å². The van der Waals surface area contributed by atoms with Crippen LogP contribution in [0.4, 0.5) is 0 Å². The minimum atomic E-state index is -0.173. The fraction of sp³-hybridized carbons (Fsp3) is 0.630. The number of nitrogens with one attached hydrogen (secondary N) is 1. The molecule has 1 aromatic heterocycles. The van der Waals surface area contributed by atoms with Crippen molar-refractivity contribution in [2.24, 2.45) is 33.7 Å². The number of hydrogen-bond donors (Lipinski definition) is 1. The van der Waals surface area contributed by atoms with E-state index in [0.717, 1.165) is 50.7 Å². The van der Waals surface area contributed by atoms with Gasteiger partial charge in [0, 0.05) is 42.4 Å². The molecule has 4 aliphatic rings. The number of hydrogen-bond acceptors (Lipinski definition) is 5. The number of amides is 1. The Morgan fingerprint density at radius 2 is 1.82 bits per heavy atom. The van der Waals surface area contributed by atoms with Crippen molar-refractivity contribution in [1.82, 2.24) is 10.4 Å². The molecular formula is C27H35N3O3. The molecular weight excluding hydrogens is 414 g/mol. The predicted molar refractivity (Wildman–Crippen MR) is 126 cm³/mol. The summed E-state index contributed by atoms with van der Waals surface area (Å²) in [6.45, 7) is 6.35. The number of nitrogens with zero attached hydrogens (tertiary/aromatic N) is 2. The number of carbonyl (C=O) groups excluding carboxylic acids is 2. The Kier molecular flexibility index (Phi) is 5.66. The summed E-state index contributed by atoms with van der Waals surface area (Å²) in [4.78, 5) is 27.9. The van der Waals surface area contributed by atoms with E-state index in [2.05, 4.69) is 35.4 Å². The Labute approximate surface area is 196 Å². The Hall–Kier alpha value is -2.50. The largest absolute Gasteiger partial charge is 0.462 e. The molecule has 5 rings (SSSR count). The van der Waals surface area contributed by atoms with Crippen LogP contribution in [0.5, 0.6) is 0 Å². The summed E-state index contributed by atoms with van der Waals surface area (Å²) in [5.41, 5.74) is 6.35. The van der Waals surface area contributed by atoms with Crippen LogP contribution in [0.1, 0.15) is 82.5 Å². The molecule has 0 saturated heterocycles. The quantitative estimate of drug-likeness (QED) is 0.397. The topological polar surface area (TPSA) is 80.6 Å². The monoisotopic (exact) mass is 449 g/mol. The Balaban J connectivity index is 1.33.